The highest BCUT2D eigenvalue weighted by atomic mass is 16.5. The molecule has 0 aliphatic rings. The Morgan fingerprint density at radius 2 is 2.03 bits per heavy atom. The molecule has 1 amide bonds. The predicted molar refractivity (Wildman–Crippen MR) is 138 cm³/mol. The van der Waals surface area contributed by atoms with Crippen molar-refractivity contribution >= 4 is 35.0 Å². The second-order valence-electron chi connectivity index (χ2n) is 7.65. The number of allylic oxidation sites excluding steroid dienone is 2. The average Bonchev–Trinajstić information content (AvgIpc) is 2.78. The Morgan fingerprint density at radius 3 is 2.70 bits per heavy atom. The number of nitrogen functional groups attached to an aromatic ring is 1. The Kier molecular flexibility index (Phi) is 9.89. The van der Waals surface area contributed by atoms with Gasteiger partial charge in [0, 0.05) is 34.8 Å². The Morgan fingerprint density at radius 1 is 1.24 bits per heavy atom. The van der Waals surface area contributed by atoms with Crippen LogP contribution >= 0.6 is 0 Å². The summed E-state index contributed by atoms with van der Waals surface area (Å²) in [6.07, 6.45) is 7.82. The molecule has 0 radical (unpaired) electrons. The van der Waals surface area contributed by atoms with Gasteiger partial charge in [-0.2, -0.15) is 0 Å². The standard InChI is InChI=1S/C26H33N5O2/c1-5-8-24(19-10-7-11-22(15-19)33-17-26(32)29-18(3)4)31-25(9-6-2)30-21-12-13-23(28)20(14-21)16-27/h6-16,18,27H,5,17,28H2,1-4H3,(H,29,32)(H,30,31)/b9-6-,24-8+,27-16?. The normalized spacial score (nSPS) is 12.2. The van der Waals surface area contributed by atoms with Crippen molar-refractivity contribution in [3.63, 3.8) is 0 Å². The first-order valence-corrected chi connectivity index (χ1v) is 11.0. The molecule has 7 heteroatoms. The number of carbonyl (C=O) groups excluding carboxylic acids is 1. The molecular formula is C26H33N5O2. The van der Waals surface area contributed by atoms with Crippen LogP contribution in [-0.4, -0.2) is 30.6 Å². The summed E-state index contributed by atoms with van der Waals surface area (Å²) in [4.78, 5) is 16.7. The highest BCUT2D eigenvalue weighted by Gasteiger charge is 2.08. The van der Waals surface area contributed by atoms with Crippen molar-refractivity contribution < 1.29 is 9.53 Å². The predicted octanol–water partition coefficient (Wildman–Crippen LogP) is 5.01. The Balaban J connectivity index is 2.29. The van der Waals surface area contributed by atoms with E-state index >= 15 is 0 Å². The van der Waals surface area contributed by atoms with E-state index in [4.69, 9.17) is 20.9 Å². The first kappa shape index (κ1) is 25.4. The van der Waals surface area contributed by atoms with Crippen LogP contribution in [0.1, 0.15) is 45.2 Å². The minimum absolute atomic E-state index is 0.0460. The second kappa shape index (κ2) is 12.9. The van der Waals surface area contributed by atoms with Crippen LogP contribution in [-0.2, 0) is 4.79 Å². The Labute approximate surface area is 196 Å². The zero-order valence-electron chi connectivity index (χ0n) is 19.7. The number of carbonyl (C=O) groups is 1. The third kappa shape index (κ3) is 8.29. The van der Waals surface area contributed by atoms with Gasteiger partial charge < -0.3 is 26.5 Å². The quantitative estimate of drug-likeness (QED) is 0.233. The number of hydrogen-bond donors (Lipinski definition) is 4. The van der Waals surface area contributed by atoms with Crippen LogP contribution in [0.5, 0.6) is 5.75 Å². The minimum atomic E-state index is -0.162. The van der Waals surface area contributed by atoms with Gasteiger partial charge in [-0.1, -0.05) is 31.2 Å². The van der Waals surface area contributed by atoms with E-state index < -0.39 is 0 Å². The fourth-order valence-corrected chi connectivity index (χ4v) is 3.00. The summed E-state index contributed by atoms with van der Waals surface area (Å²) >= 11 is 0. The molecule has 0 atom stereocenters. The molecule has 174 valence electrons. The fourth-order valence-electron chi connectivity index (χ4n) is 3.00. The van der Waals surface area contributed by atoms with Crippen molar-refractivity contribution in [2.45, 2.75) is 40.2 Å². The van der Waals surface area contributed by atoms with Gasteiger partial charge in [-0.3, -0.25) is 4.79 Å². The number of hydrogen-bond acceptors (Lipinski definition) is 5. The summed E-state index contributed by atoms with van der Waals surface area (Å²) in [5.74, 6) is 1.07. The zero-order chi connectivity index (χ0) is 24.2. The monoisotopic (exact) mass is 447 g/mol. The lowest BCUT2D eigenvalue weighted by Crippen LogP contribution is -2.34. The van der Waals surface area contributed by atoms with Crippen LogP contribution in [0.25, 0.3) is 5.70 Å². The van der Waals surface area contributed by atoms with Gasteiger partial charge in [0.25, 0.3) is 5.91 Å². The minimum Gasteiger partial charge on any atom is -0.484 e. The highest BCUT2D eigenvalue weighted by Crippen LogP contribution is 2.23. The lowest BCUT2D eigenvalue weighted by Gasteiger charge is -2.12. The van der Waals surface area contributed by atoms with Gasteiger partial charge in [0.15, 0.2) is 6.61 Å². The molecule has 0 unspecified atom stereocenters. The number of anilines is 2. The maximum absolute atomic E-state index is 11.9. The summed E-state index contributed by atoms with van der Waals surface area (Å²) in [7, 11) is 0. The summed E-state index contributed by atoms with van der Waals surface area (Å²) in [6.45, 7) is 7.74. The van der Waals surface area contributed by atoms with E-state index in [1.54, 1.807) is 12.1 Å². The number of amidine groups is 1. The molecule has 0 saturated carbocycles. The average molecular weight is 448 g/mol. The van der Waals surface area contributed by atoms with E-state index in [0.717, 1.165) is 23.4 Å². The number of nitrogens with two attached hydrogens (primary N) is 1. The fraction of sp³-hybridized carbons (Fsp3) is 0.269. The maximum Gasteiger partial charge on any atom is 0.258 e. The van der Waals surface area contributed by atoms with Gasteiger partial charge in [0.2, 0.25) is 0 Å². The number of nitrogens with zero attached hydrogens (tertiary/aromatic N) is 1. The van der Waals surface area contributed by atoms with E-state index in [0.29, 0.717) is 22.8 Å². The van der Waals surface area contributed by atoms with E-state index in [2.05, 4.69) is 10.6 Å². The van der Waals surface area contributed by atoms with E-state index in [-0.39, 0.29) is 18.6 Å². The van der Waals surface area contributed by atoms with Crippen molar-refractivity contribution in [2.75, 3.05) is 17.7 Å². The smallest absolute Gasteiger partial charge is 0.258 e. The van der Waals surface area contributed by atoms with Crippen molar-refractivity contribution in [1.29, 1.82) is 5.41 Å². The van der Waals surface area contributed by atoms with E-state index in [1.165, 1.54) is 6.21 Å². The van der Waals surface area contributed by atoms with Gasteiger partial charge >= 0.3 is 0 Å². The zero-order valence-corrected chi connectivity index (χ0v) is 19.7. The third-order valence-corrected chi connectivity index (χ3v) is 4.43. The van der Waals surface area contributed by atoms with Gasteiger partial charge in [0.1, 0.15) is 11.6 Å². The van der Waals surface area contributed by atoms with Gasteiger partial charge in [-0.05, 0) is 63.6 Å². The van der Waals surface area contributed by atoms with Gasteiger partial charge in [-0.15, -0.1) is 0 Å². The number of aliphatic imine (C=N–C) groups is 1. The molecule has 0 aliphatic carbocycles. The van der Waals surface area contributed by atoms with Crippen molar-refractivity contribution in [3.8, 4) is 5.75 Å². The molecule has 2 aromatic rings. The molecule has 0 aliphatic heterocycles. The van der Waals surface area contributed by atoms with Crippen LogP contribution in [0.4, 0.5) is 11.4 Å². The van der Waals surface area contributed by atoms with Gasteiger partial charge in [-0.25, -0.2) is 4.99 Å². The van der Waals surface area contributed by atoms with Gasteiger partial charge in [0.05, 0.1) is 5.70 Å². The van der Waals surface area contributed by atoms with E-state index in [9.17, 15) is 4.79 Å². The largest absolute Gasteiger partial charge is 0.484 e. The van der Waals surface area contributed by atoms with Crippen molar-refractivity contribution in [3.05, 3.63) is 71.8 Å². The molecule has 0 heterocycles. The van der Waals surface area contributed by atoms with E-state index in [1.807, 2.05) is 76.3 Å². The molecule has 33 heavy (non-hydrogen) atoms. The molecule has 5 N–H and O–H groups in total. The second-order valence-corrected chi connectivity index (χ2v) is 7.65. The van der Waals surface area contributed by atoms with Crippen LogP contribution in [0.3, 0.4) is 0 Å². The molecule has 7 nitrogen and oxygen atoms in total. The van der Waals surface area contributed by atoms with Crippen LogP contribution in [0.2, 0.25) is 0 Å². The highest BCUT2D eigenvalue weighted by molar-refractivity contribution is 6.06. The Bertz CT molecular complexity index is 1050. The number of ether oxygens (including phenoxy) is 1. The summed E-state index contributed by atoms with van der Waals surface area (Å²) in [6, 6.07) is 13.0. The summed E-state index contributed by atoms with van der Waals surface area (Å²) < 4.78 is 5.67. The maximum atomic E-state index is 11.9. The van der Waals surface area contributed by atoms with Crippen LogP contribution in [0.15, 0.2) is 65.7 Å². The first-order chi connectivity index (χ1) is 15.9. The van der Waals surface area contributed by atoms with Crippen LogP contribution in [0, 0.1) is 5.41 Å². The molecule has 0 spiro atoms. The topological polar surface area (TPSA) is 113 Å². The molecule has 2 rings (SSSR count). The lowest BCUT2D eigenvalue weighted by atomic mass is 10.1. The summed E-state index contributed by atoms with van der Waals surface area (Å²) in [5, 5.41) is 13.6. The Hall–Kier alpha value is -3.87. The third-order valence-electron chi connectivity index (χ3n) is 4.43. The first-order valence-electron chi connectivity index (χ1n) is 11.0. The number of rotatable bonds is 10. The number of amides is 1. The molecule has 0 saturated heterocycles. The number of benzene rings is 2. The van der Waals surface area contributed by atoms with Crippen LogP contribution < -0.4 is 21.1 Å². The molecule has 0 aromatic heterocycles. The molecule has 0 bridgehead atoms. The molecular weight excluding hydrogens is 414 g/mol. The van der Waals surface area contributed by atoms with Crippen molar-refractivity contribution in [1.82, 2.24) is 5.32 Å². The van der Waals surface area contributed by atoms with Crippen molar-refractivity contribution in [2.24, 2.45) is 4.99 Å². The summed E-state index contributed by atoms with van der Waals surface area (Å²) in [5.41, 5.74) is 9.51. The molecule has 2 aromatic carbocycles. The number of nitrogens with one attached hydrogen (secondary N) is 3. The lowest BCUT2D eigenvalue weighted by molar-refractivity contribution is -0.123. The SMILES string of the molecule is C\C=C/C(=N/C(=C/CC)c1cccc(OCC(=O)NC(C)C)c1)Nc1ccc(N)c(C=N)c1. The molecule has 0 fully saturated rings.